The molecular formula is C19H23N3O3. The van der Waals surface area contributed by atoms with Gasteiger partial charge in [0.25, 0.3) is 0 Å². The molecule has 2 aromatic rings. The average molecular weight is 341 g/mol. The van der Waals surface area contributed by atoms with E-state index >= 15 is 0 Å². The highest BCUT2D eigenvalue weighted by Crippen LogP contribution is 2.20. The summed E-state index contributed by atoms with van der Waals surface area (Å²) >= 11 is 0. The Morgan fingerprint density at radius 2 is 1.80 bits per heavy atom. The second-order valence-electron chi connectivity index (χ2n) is 5.76. The quantitative estimate of drug-likeness (QED) is 0.819. The number of ether oxygens (including phenoxy) is 1. The molecule has 2 N–H and O–H groups in total. The Morgan fingerprint density at radius 1 is 1.12 bits per heavy atom. The zero-order valence-corrected chi connectivity index (χ0v) is 15.0. The van der Waals surface area contributed by atoms with Gasteiger partial charge in [-0.25, -0.2) is 4.98 Å². The molecule has 0 fully saturated rings. The van der Waals surface area contributed by atoms with E-state index in [0.29, 0.717) is 11.6 Å². The fourth-order valence-corrected chi connectivity index (χ4v) is 2.47. The van der Waals surface area contributed by atoms with Gasteiger partial charge in [0.15, 0.2) is 0 Å². The number of hydrogen-bond donors (Lipinski definition) is 2. The van der Waals surface area contributed by atoms with Crippen molar-refractivity contribution in [1.82, 2.24) is 10.3 Å². The van der Waals surface area contributed by atoms with Gasteiger partial charge in [-0.3, -0.25) is 9.59 Å². The van der Waals surface area contributed by atoms with Crippen LogP contribution in [0.3, 0.4) is 0 Å². The number of rotatable bonds is 5. The lowest BCUT2D eigenvalue weighted by Crippen LogP contribution is -2.35. The predicted octanol–water partition coefficient (Wildman–Crippen LogP) is 2.52. The van der Waals surface area contributed by atoms with Gasteiger partial charge in [-0.15, -0.1) is 0 Å². The highest BCUT2D eigenvalue weighted by atomic mass is 16.5. The van der Waals surface area contributed by atoms with Gasteiger partial charge >= 0.3 is 11.8 Å². The number of nitrogens with one attached hydrogen (secondary N) is 2. The Hall–Kier alpha value is -2.89. The summed E-state index contributed by atoms with van der Waals surface area (Å²) in [5, 5.41) is 5.19. The van der Waals surface area contributed by atoms with Gasteiger partial charge in [0.2, 0.25) is 5.88 Å². The van der Waals surface area contributed by atoms with E-state index in [4.69, 9.17) is 4.74 Å². The molecule has 0 aliphatic rings. The largest absolute Gasteiger partial charge is 0.481 e. The van der Waals surface area contributed by atoms with Crippen molar-refractivity contribution in [3.8, 4) is 5.88 Å². The number of amides is 2. The molecular weight excluding hydrogens is 318 g/mol. The third kappa shape index (κ3) is 4.79. The zero-order valence-electron chi connectivity index (χ0n) is 15.0. The van der Waals surface area contributed by atoms with E-state index in [1.807, 2.05) is 32.0 Å². The number of benzene rings is 1. The molecule has 1 heterocycles. The maximum atomic E-state index is 12.0. The van der Waals surface area contributed by atoms with Crippen molar-refractivity contribution in [1.29, 1.82) is 0 Å². The number of aromatic nitrogens is 1. The SMILES string of the molecule is CCc1ccc(NC(=O)C(=O)NCc2c(C)cc(C)nc2OC)cc1. The lowest BCUT2D eigenvalue weighted by atomic mass is 10.1. The molecule has 1 aromatic heterocycles. The number of nitrogens with zero attached hydrogens (tertiary/aromatic N) is 1. The summed E-state index contributed by atoms with van der Waals surface area (Å²) in [5.41, 5.74) is 4.28. The minimum absolute atomic E-state index is 0.170. The summed E-state index contributed by atoms with van der Waals surface area (Å²) in [4.78, 5) is 28.3. The van der Waals surface area contributed by atoms with Crippen molar-refractivity contribution in [2.24, 2.45) is 0 Å². The van der Waals surface area contributed by atoms with E-state index in [2.05, 4.69) is 22.5 Å². The fraction of sp³-hybridized carbons (Fsp3) is 0.316. The zero-order chi connectivity index (χ0) is 18.4. The molecule has 0 aliphatic carbocycles. The van der Waals surface area contributed by atoms with Crippen LogP contribution in [-0.2, 0) is 22.6 Å². The van der Waals surface area contributed by atoms with Crippen molar-refractivity contribution >= 4 is 17.5 Å². The Bertz CT molecular complexity index is 770. The van der Waals surface area contributed by atoms with Gasteiger partial charge in [0, 0.05) is 23.5 Å². The molecule has 6 nitrogen and oxygen atoms in total. The molecule has 0 aliphatic heterocycles. The van der Waals surface area contributed by atoms with E-state index in [1.165, 1.54) is 7.11 Å². The summed E-state index contributed by atoms with van der Waals surface area (Å²) in [6, 6.07) is 9.29. The molecule has 1 aromatic carbocycles. The molecule has 2 rings (SSSR count). The van der Waals surface area contributed by atoms with Gasteiger partial charge in [-0.1, -0.05) is 19.1 Å². The Kier molecular flexibility index (Phi) is 6.11. The standard InChI is InChI=1S/C19H23N3O3/c1-5-14-6-8-15(9-7-14)22-18(24)17(23)20-11-16-12(2)10-13(3)21-19(16)25-4/h6-10H,5,11H2,1-4H3,(H,20,23)(H,22,24). The van der Waals surface area contributed by atoms with Crippen LogP contribution in [0.25, 0.3) is 0 Å². The van der Waals surface area contributed by atoms with Crippen molar-refractivity contribution in [3.05, 3.63) is 52.7 Å². The molecule has 25 heavy (non-hydrogen) atoms. The maximum absolute atomic E-state index is 12.0. The first kappa shape index (κ1) is 18.4. The van der Waals surface area contributed by atoms with E-state index in [1.54, 1.807) is 12.1 Å². The Balaban J connectivity index is 1.98. The number of anilines is 1. The Labute approximate surface area is 147 Å². The average Bonchev–Trinajstić information content (AvgIpc) is 2.60. The summed E-state index contributed by atoms with van der Waals surface area (Å²) in [7, 11) is 1.53. The summed E-state index contributed by atoms with van der Waals surface area (Å²) in [6.07, 6.45) is 0.917. The van der Waals surface area contributed by atoms with Crippen LogP contribution in [0.4, 0.5) is 5.69 Å². The number of carbonyl (C=O) groups is 2. The highest BCUT2D eigenvalue weighted by Gasteiger charge is 2.16. The van der Waals surface area contributed by atoms with E-state index in [9.17, 15) is 9.59 Å². The highest BCUT2D eigenvalue weighted by molar-refractivity contribution is 6.39. The molecule has 0 spiro atoms. The molecule has 132 valence electrons. The molecule has 0 bridgehead atoms. The second-order valence-corrected chi connectivity index (χ2v) is 5.76. The molecule has 2 amide bonds. The van der Waals surface area contributed by atoms with Crippen molar-refractivity contribution in [3.63, 3.8) is 0 Å². The van der Waals surface area contributed by atoms with Crippen molar-refractivity contribution in [2.75, 3.05) is 12.4 Å². The van der Waals surface area contributed by atoms with Crippen LogP contribution < -0.4 is 15.4 Å². The lowest BCUT2D eigenvalue weighted by molar-refractivity contribution is -0.136. The molecule has 0 unspecified atom stereocenters. The van der Waals surface area contributed by atoms with Crippen LogP contribution in [0.15, 0.2) is 30.3 Å². The summed E-state index contributed by atoms with van der Waals surface area (Å²) in [6.45, 7) is 6.00. The van der Waals surface area contributed by atoms with E-state index in [0.717, 1.165) is 28.8 Å². The number of pyridine rings is 1. The second kappa shape index (κ2) is 8.28. The third-order valence-electron chi connectivity index (χ3n) is 3.88. The number of methoxy groups -OCH3 is 1. The molecule has 0 saturated carbocycles. The van der Waals surface area contributed by atoms with Gasteiger partial charge < -0.3 is 15.4 Å². The van der Waals surface area contributed by atoms with Crippen LogP contribution in [0, 0.1) is 13.8 Å². The van der Waals surface area contributed by atoms with E-state index in [-0.39, 0.29) is 6.54 Å². The first-order chi connectivity index (χ1) is 11.9. The van der Waals surface area contributed by atoms with Crippen LogP contribution >= 0.6 is 0 Å². The topological polar surface area (TPSA) is 80.3 Å². The van der Waals surface area contributed by atoms with Gasteiger partial charge in [-0.05, 0) is 49.6 Å². The first-order valence-corrected chi connectivity index (χ1v) is 8.13. The monoisotopic (exact) mass is 341 g/mol. The maximum Gasteiger partial charge on any atom is 0.313 e. The number of hydrogen-bond acceptors (Lipinski definition) is 4. The van der Waals surface area contributed by atoms with Gasteiger partial charge in [0.1, 0.15) is 0 Å². The number of carbonyl (C=O) groups excluding carboxylic acids is 2. The third-order valence-corrected chi connectivity index (χ3v) is 3.88. The Morgan fingerprint density at radius 3 is 2.40 bits per heavy atom. The smallest absolute Gasteiger partial charge is 0.313 e. The van der Waals surface area contributed by atoms with Crippen LogP contribution in [0.5, 0.6) is 5.88 Å². The van der Waals surface area contributed by atoms with Crippen molar-refractivity contribution in [2.45, 2.75) is 33.7 Å². The molecule has 0 atom stereocenters. The minimum atomic E-state index is -0.707. The molecule has 0 saturated heterocycles. The molecule has 6 heteroatoms. The lowest BCUT2D eigenvalue weighted by Gasteiger charge is -2.12. The number of aryl methyl sites for hydroxylation is 3. The fourth-order valence-electron chi connectivity index (χ4n) is 2.47. The van der Waals surface area contributed by atoms with E-state index < -0.39 is 11.8 Å². The van der Waals surface area contributed by atoms with Crippen LogP contribution in [0.2, 0.25) is 0 Å². The predicted molar refractivity (Wildman–Crippen MR) is 96.6 cm³/mol. The van der Waals surface area contributed by atoms with Crippen LogP contribution in [-0.4, -0.2) is 23.9 Å². The summed E-state index contributed by atoms with van der Waals surface area (Å²) < 4.78 is 5.25. The molecule has 0 radical (unpaired) electrons. The first-order valence-electron chi connectivity index (χ1n) is 8.13. The normalized spacial score (nSPS) is 10.2. The van der Waals surface area contributed by atoms with Gasteiger partial charge in [-0.2, -0.15) is 0 Å². The minimum Gasteiger partial charge on any atom is -0.481 e. The summed E-state index contributed by atoms with van der Waals surface area (Å²) in [5.74, 6) is -0.962. The van der Waals surface area contributed by atoms with Crippen molar-refractivity contribution < 1.29 is 14.3 Å². The van der Waals surface area contributed by atoms with Crippen LogP contribution in [0.1, 0.15) is 29.3 Å². The van der Waals surface area contributed by atoms with Gasteiger partial charge in [0.05, 0.1) is 7.11 Å².